The summed E-state index contributed by atoms with van der Waals surface area (Å²) < 4.78 is 5.31. The molecule has 5 nitrogen and oxygen atoms in total. The van der Waals surface area contributed by atoms with E-state index in [9.17, 15) is 9.59 Å². The standard InChI is InChI=1S/C24H32N2O3/c1-6-21(23(28)25-24(2,3)4)26(17-19-13-10-14-20(15-19)29-5)22(27)16-18-11-8-7-9-12-18/h7-15,21H,6,16-17H2,1-5H3,(H,25,28)/t21-/m0/s1. The first kappa shape index (κ1) is 22.5. The second-order valence-electron chi connectivity index (χ2n) is 8.20. The first-order valence-electron chi connectivity index (χ1n) is 10.0. The van der Waals surface area contributed by atoms with Crippen molar-refractivity contribution in [2.45, 2.75) is 58.7 Å². The molecular weight excluding hydrogens is 364 g/mol. The van der Waals surface area contributed by atoms with E-state index in [2.05, 4.69) is 5.32 Å². The fourth-order valence-electron chi connectivity index (χ4n) is 3.21. The Kier molecular flexibility index (Phi) is 7.82. The van der Waals surface area contributed by atoms with Crippen molar-refractivity contribution in [3.63, 3.8) is 0 Å². The molecule has 0 bridgehead atoms. The highest BCUT2D eigenvalue weighted by molar-refractivity contribution is 5.88. The summed E-state index contributed by atoms with van der Waals surface area (Å²) in [5.41, 5.74) is 1.49. The molecule has 0 spiro atoms. The van der Waals surface area contributed by atoms with E-state index < -0.39 is 6.04 Å². The van der Waals surface area contributed by atoms with Gasteiger partial charge in [-0.2, -0.15) is 0 Å². The van der Waals surface area contributed by atoms with Gasteiger partial charge in [-0.3, -0.25) is 9.59 Å². The first-order valence-corrected chi connectivity index (χ1v) is 10.0. The van der Waals surface area contributed by atoms with Gasteiger partial charge in [-0.25, -0.2) is 0 Å². The Hall–Kier alpha value is -2.82. The predicted molar refractivity (Wildman–Crippen MR) is 116 cm³/mol. The molecule has 0 saturated carbocycles. The van der Waals surface area contributed by atoms with Gasteiger partial charge in [0.1, 0.15) is 11.8 Å². The Labute approximate surface area is 174 Å². The van der Waals surface area contributed by atoms with Crippen LogP contribution < -0.4 is 10.1 Å². The quantitative estimate of drug-likeness (QED) is 0.735. The lowest BCUT2D eigenvalue weighted by Crippen LogP contribution is -2.53. The number of carbonyl (C=O) groups is 2. The number of hydrogen-bond acceptors (Lipinski definition) is 3. The summed E-state index contributed by atoms with van der Waals surface area (Å²) in [4.78, 5) is 27.9. The van der Waals surface area contributed by atoms with Crippen molar-refractivity contribution in [2.24, 2.45) is 0 Å². The molecule has 2 amide bonds. The normalized spacial score (nSPS) is 12.2. The van der Waals surface area contributed by atoms with Crippen molar-refractivity contribution >= 4 is 11.8 Å². The molecule has 0 radical (unpaired) electrons. The number of nitrogens with one attached hydrogen (secondary N) is 1. The van der Waals surface area contributed by atoms with Crippen molar-refractivity contribution in [2.75, 3.05) is 7.11 Å². The molecule has 0 aliphatic rings. The van der Waals surface area contributed by atoms with Gasteiger partial charge < -0.3 is 15.0 Å². The summed E-state index contributed by atoms with van der Waals surface area (Å²) in [7, 11) is 1.61. The highest BCUT2D eigenvalue weighted by Crippen LogP contribution is 2.19. The zero-order valence-electron chi connectivity index (χ0n) is 18.1. The molecule has 1 atom stereocenters. The SMILES string of the molecule is CC[C@@H](C(=O)NC(C)(C)C)N(Cc1cccc(OC)c1)C(=O)Cc1ccccc1. The number of benzene rings is 2. The fourth-order valence-corrected chi connectivity index (χ4v) is 3.21. The van der Waals surface area contributed by atoms with Crippen LogP contribution in [0.2, 0.25) is 0 Å². The predicted octanol–water partition coefficient (Wildman–Crippen LogP) is 3.96. The molecule has 0 heterocycles. The number of rotatable bonds is 8. The molecule has 0 aromatic heterocycles. The highest BCUT2D eigenvalue weighted by Gasteiger charge is 2.30. The maximum atomic E-state index is 13.3. The fraction of sp³-hybridized carbons (Fsp3) is 0.417. The summed E-state index contributed by atoms with van der Waals surface area (Å²) >= 11 is 0. The van der Waals surface area contributed by atoms with Crippen molar-refractivity contribution < 1.29 is 14.3 Å². The molecule has 2 aromatic carbocycles. The molecule has 0 saturated heterocycles. The van der Waals surface area contributed by atoms with E-state index in [0.29, 0.717) is 13.0 Å². The molecule has 156 valence electrons. The van der Waals surface area contributed by atoms with Gasteiger partial charge in [0.05, 0.1) is 13.5 Å². The Morgan fingerprint density at radius 1 is 1.03 bits per heavy atom. The van der Waals surface area contributed by atoms with Gasteiger partial charge in [0.15, 0.2) is 0 Å². The molecular formula is C24H32N2O3. The van der Waals surface area contributed by atoms with Crippen LogP contribution in [-0.2, 0) is 22.6 Å². The molecule has 29 heavy (non-hydrogen) atoms. The van der Waals surface area contributed by atoms with Crippen LogP contribution in [0.25, 0.3) is 0 Å². The van der Waals surface area contributed by atoms with E-state index in [1.54, 1.807) is 12.0 Å². The van der Waals surface area contributed by atoms with Crippen LogP contribution in [0.15, 0.2) is 54.6 Å². The zero-order chi connectivity index (χ0) is 21.4. The van der Waals surface area contributed by atoms with Gasteiger partial charge >= 0.3 is 0 Å². The van der Waals surface area contributed by atoms with E-state index in [1.807, 2.05) is 82.3 Å². The minimum atomic E-state index is -0.545. The van der Waals surface area contributed by atoms with Crippen LogP contribution in [0.4, 0.5) is 0 Å². The summed E-state index contributed by atoms with van der Waals surface area (Å²) in [6, 6.07) is 16.7. The molecule has 0 aliphatic heterocycles. The maximum Gasteiger partial charge on any atom is 0.243 e. The van der Waals surface area contributed by atoms with Gasteiger partial charge in [0, 0.05) is 12.1 Å². The maximum absolute atomic E-state index is 13.3. The van der Waals surface area contributed by atoms with Crippen LogP contribution in [0.3, 0.4) is 0 Å². The number of amides is 2. The van der Waals surface area contributed by atoms with Crippen molar-refractivity contribution in [3.8, 4) is 5.75 Å². The average molecular weight is 397 g/mol. The third kappa shape index (κ3) is 6.93. The van der Waals surface area contributed by atoms with Crippen LogP contribution >= 0.6 is 0 Å². The van der Waals surface area contributed by atoms with Crippen LogP contribution in [0, 0.1) is 0 Å². The van der Waals surface area contributed by atoms with Gasteiger partial charge in [-0.1, -0.05) is 49.4 Å². The topological polar surface area (TPSA) is 58.6 Å². The second kappa shape index (κ2) is 10.1. The molecule has 0 aliphatic carbocycles. The van der Waals surface area contributed by atoms with E-state index in [0.717, 1.165) is 16.9 Å². The number of nitrogens with zero attached hydrogens (tertiary/aromatic N) is 1. The molecule has 0 fully saturated rings. The first-order chi connectivity index (χ1) is 13.7. The molecule has 1 N–H and O–H groups in total. The van der Waals surface area contributed by atoms with Crippen LogP contribution in [0.1, 0.15) is 45.2 Å². The van der Waals surface area contributed by atoms with Crippen molar-refractivity contribution in [1.82, 2.24) is 10.2 Å². The number of carbonyl (C=O) groups excluding carboxylic acids is 2. The minimum Gasteiger partial charge on any atom is -0.497 e. The largest absolute Gasteiger partial charge is 0.497 e. The van der Waals surface area contributed by atoms with Gasteiger partial charge in [0.25, 0.3) is 0 Å². The van der Waals surface area contributed by atoms with E-state index >= 15 is 0 Å². The lowest BCUT2D eigenvalue weighted by atomic mass is 10.0. The lowest BCUT2D eigenvalue weighted by Gasteiger charge is -2.33. The van der Waals surface area contributed by atoms with Crippen LogP contribution in [0.5, 0.6) is 5.75 Å². The van der Waals surface area contributed by atoms with Crippen LogP contribution in [-0.4, -0.2) is 35.4 Å². The minimum absolute atomic E-state index is 0.0741. The van der Waals surface area contributed by atoms with E-state index in [4.69, 9.17) is 4.74 Å². The Morgan fingerprint density at radius 2 is 1.69 bits per heavy atom. The van der Waals surface area contributed by atoms with E-state index in [1.165, 1.54) is 0 Å². The van der Waals surface area contributed by atoms with Gasteiger partial charge in [-0.05, 0) is 50.5 Å². The Bertz CT molecular complexity index is 812. The molecule has 0 unspecified atom stereocenters. The zero-order valence-corrected chi connectivity index (χ0v) is 18.1. The monoisotopic (exact) mass is 396 g/mol. The highest BCUT2D eigenvalue weighted by atomic mass is 16.5. The van der Waals surface area contributed by atoms with E-state index in [-0.39, 0.29) is 23.8 Å². The molecule has 2 rings (SSSR count). The third-order valence-corrected chi connectivity index (χ3v) is 4.57. The van der Waals surface area contributed by atoms with Gasteiger partial charge in [-0.15, -0.1) is 0 Å². The Balaban J connectivity index is 2.31. The Morgan fingerprint density at radius 3 is 2.28 bits per heavy atom. The lowest BCUT2D eigenvalue weighted by molar-refractivity contribution is -0.141. The summed E-state index contributed by atoms with van der Waals surface area (Å²) in [5, 5.41) is 3.02. The molecule has 5 heteroatoms. The third-order valence-electron chi connectivity index (χ3n) is 4.57. The summed E-state index contributed by atoms with van der Waals surface area (Å²) in [6.07, 6.45) is 0.788. The smallest absolute Gasteiger partial charge is 0.243 e. The van der Waals surface area contributed by atoms with Gasteiger partial charge in [0.2, 0.25) is 11.8 Å². The number of hydrogen-bond donors (Lipinski definition) is 1. The van der Waals surface area contributed by atoms with Crippen molar-refractivity contribution in [1.29, 1.82) is 0 Å². The van der Waals surface area contributed by atoms with Crippen molar-refractivity contribution in [3.05, 3.63) is 65.7 Å². The second-order valence-corrected chi connectivity index (χ2v) is 8.20. The molecule has 2 aromatic rings. The number of methoxy groups -OCH3 is 1. The summed E-state index contributed by atoms with van der Waals surface area (Å²) in [5.74, 6) is 0.518. The average Bonchev–Trinajstić information content (AvgIpc) is 2.67. The number of ether oxygens (including phenoxy) is 1. The summed E-state index contributed by atoms with van der Waals surface area (Å²) in [6.45, 7) is 8.10.